The minimum atomic E-state index is -0.641. The summed E-state index contributed by atoms with van der Waals surface area (Å²) in [6, 6.07) is -0.641. The summed E-state index contributed by atoms with van der Waals surface area (Å²) >= 11 is 0. The number of carbonyl (C=O) groups excluding carboxylic acids is 1. The number of nitro groups is 1. The van der Waals surface area contributed by atoms with Crippen molar-refractivity contribution in [1.82, 2.24) is 29.4 Å². The molecule has 27 heavy (non-hydrogen) atoms. The van der Waals surface area contributed by atoms with Crippen molar-refractivity contribution in [2.45, 2.75) is 19.5 Å². The number of nitrogens with zero attached hydrogens (tertiary/aromatic N) is 7. The van der Waals surface area contributed by atoms with Crippen molar-refractivity contribution < 1.29 is 14.5 Å². The van der Waals surface area contributed by atoms with Gasteiger partial charge in [0, 0.05) is 51.5 Å². The van der Waals surface area contributed by atoms with E-state index in [2.05, 4.69) is 15.1 Å². The molecule has 1 saturated heterocycles. The summed E-state index contributed by atoms with van der Waals surface area (Å²) in [5.41, 5.74) is 0.889. The van der Waals surface area contributed by atoms with Crippen molar-refractivity contribution in [3.05, 3.63) is 34.3 Å². The number of rotatable bonds is 6. The van der Waals surface area contributed by atoms with Crippen molar-refractivity contribution in [2.75, 3.05) is 33.3 Å². The van der Waals surface area contributed by atoms with Gasteiger partial charge in [-0.25, -0.2) is 4.68 Å². The third kappa shape index (κ3) is 4.08. The van der Waals surface area contributed by atoms with Gasteiger partial charge in [0.15, 0.2) is 0 Å². The van der Waals surface area contributed by atoms with Crippen molar-refractivity contribution in [3.63, 3.8) is 0 Å². The lowest BCUT2D eigenvalue weighted by atomic mass is 10.2. The van der Waals surface area contributed by atoms with E-state index in [1.807, 2.05) is 19.4 Å². The normalized spacial score (nSPS) is 16.3. The van der Waals surface area contributed by atoms with E-state index in [0.29, 0.717) is 13.1 Å². The molecule has 0 aliphatic carbocycles. The predicted molar refractivity (Wildman–Crippen MR) is 95.2 cm³/mol. The minimum Gasteiger partial charge on any atom is -0.475 e. The Morgan fingerprint density at radius 1 is 1.33 bits per heavy atom. The molecule has 11 heteroatoms. The van der Waals surface area contributed by atoms with Crippen LogP contribution in [0, 0.1) is 10.1 Å². The SMILES string of the molecule is COc1nn(C(C)C(=O)N2CCN(Cc3cnn(C)c3)CC2)cc1[N+](=O)[O-]. The molecule has 0 bridgehead atoms. The van der Waals surface area contributed by atoms with Gasteiger partial charge in [-0.15, -0.1) is 5.10 Å². The molecule has 0 saturated carbocycles. The Balaban J connectivity index is 1.59. The van der Waals surface area contributed by atoms with Gasteiger partial charge in [0.2, 0.25) is 5.91 Å². The van der Waals surface area contributed by atoms with E-state index in [-0.39, 0.29) is 17.5 Å². The highest BCUT2D eigenvalue weighted by Gasteiger charge is 2.29. The zero-order chi connectivity index (χ0) is 19.6. The summed E-state index contributed by atoms with van der Waals surface area (Å²) in [6.07, 6.45) is 5.06. The van der Waals surface area contributed by atoms with E-state index in [0.717, 1.165) is 25.2 Å². The fourth-order valence-corrected chi connectivity index (χ4v) is 3.15. The Labute approximate surface area is 156 Å². The number of aryl methyl sites for hydroxylation is 1. The van der Waals surface area contributed by atoms with Gasteiger partial charge in [-0.3, -0.25) is 24.5 Å². The van der Waals surface area contributed by atoms with Crippen LogP contribution >= 0.6 is 0 Å². The maximum Gasteiger partial charge on any atom is 0.350 e. The molecule has 1 fully saturated rings. The molecule has 11 nitrogen and oxygen atoms in total. The predicted octanol–water partition coefficient (Wildman–Crippen LogP) is 0.439. The summed E-state index contributed by atoms with van der Waals surface area (Å²) in [4.78, 5) is 27.3. The Hall–Kier alpha value is -2.95. The Bertz CT molecular complexity index is 823. The summed E-state index contributed by atoms with van der Waals surface area (Å²) in [7, 11) is 3.20. The molecule has 1 aliphatic heterocycles. The van der Waals surface area contributed by atoms with Gasteiger partial charge >= 0.3 is 11.6 Å². The van der Waals surface area contributed by atoms with Gasteiger partial charge in [-0.2, -0.15) is 5.10 Å². The maximum absolute atomic E-state index is 12.8. The largest absolute Gasteiger partial charge is 0.475 e. The molecule has 1 amide bonds. The van der Waals surface area contributed by atoms with E-state index in [9.17, 15) is 14.9 Å². The fraction of sp³-hybridized carbons (Fsp3) is 0.562. The molecule has 0 aromatic carbocycles. The lowest BCUT2D eigenvalue weighted by Gasteiger charge is -2.35. The first-order valence-corrected chi connectivity index (χ1v) is 8.65. The van der Waals surface area contributed by atoms with E-state index in [1.54, 1.807) is 16.5 Å². The van der Waals surface area contributed by atoms with Crippen molar-refractivity contribution >= 4 is 11.6 Å². The van der Waals surface area contributed by atoms with Crippen LogP contribution in [0.1, 0.15) is 18.5 Å². The minimum absolute atomic E-state index is 0.0964. The first-order valence-electron chi connectivity index (χ1n) is 8.65. The van der Waals surface area contributed by atoms with Crippen LogP contribution < -0.4 is 4.74 Å². The molecule has 2 aromatic heterocycles. The molecule has 3 rings (SSSR count). The van der Waals surface area contributed by atoms with Crippen LogP contribution in [0.2, 0.25) is 0 Å². The average Bonchev–Trinajstić information content (AvgIpc) is 3.27. The van der Waals surface area contributed by atoms with Gasteiger partial charge in [-0.1, -0.05) is 0 Å². The number of piperazine rings is 1. The highest BCUT2D eigenvalue weighted by Crippen LogP contribution is 2.26. The third-order valence-electron chi connectivity index (χ3n) is 4.67. The second-order valence-electron chi connectivity index (χ2n) is 6.56. The van der Waals surface area contributed by atoms with Gasteiger partial charge in [0.05, 0.1) is 18.2 Å². The molecule has 1 aliphatic rings. The Morgan fingerprint density at radius 3 is 2.56 bits per heavy atom. The summed E-state index contributed by atoms with van der Waals surface area (Å²) in [5.74, 6) is -0.211. The van der Waals surface area contributed by atoms with Crippen LogP contribution in [-0.4, -0.2) is 73.5 Å². The van der Waals surface area contributed by atoms with E-state index in [4.69, 9.17) is 4.74 Å². The third-order valence-corrected chi connectivity index (χ3v) is 4.67. The topological polar surface area (TPSA) is 112 Å². The highest BCUT2D eigenvalue weighted by molar-refractivity contribution is 5.80. The molecular formula is C16H23N7O4. The Morgan fingerprint density at radius 2 is 2.04 bits per heavy atom. The summed E-state index contributed by atoms with van der Waals surface area (Å²) < 4.78 is 7.99. The highest BCUT2D eigenvalue weighted by atomic mass is 16.6. The first-order chi connectivity index (χ1) is 12.9. The second-order valence-corrected chi connectivity index (χ2v) is 6.56. The molecule has 1 atom stereocenters. The molecule has 0 radical (unpaired) electrons. The smallest absolute Gasteiger partial charge is 0.350 e. The van der Waals surface area contributed by atoms with Crippen LogP contribution in [0.25, 0.3) is 0 Å². The fourth-order valence-electron chi connectivity index (χ4n) is 3.15. The monoisotopic (exact) mass is 377 g/mol. The van der Waals surface area contributed by atoms with Crippen LogP contribution in [0.4, 0.5) is 5.69 Å². The second kappa shape index (κ2) is 7.74. The maximum atomic E-state index is 12.8. The van der Waals surface area contributed by atoms with Crippen LogP contribution in [-0.2, 0) is 18.4 Å². The molecule has 146 valence electrons. The van der Waals surface area contributed by atoms with Gasteiger partial charge < -0.3 is 9.64 Å². The molecule has 3 heterocycles. The number of methoxy groups -OCH3 is 1. The quantitative estimate of drug-likeness (QED) is 0.530. The molecule has 0 spiro atoms. The number of ether oxygens (including phenoxy) is 1. The number of amides is 1. The van der Waals surface area contributed by atoms with Crippen LogP contribution in [0.5, 0.6) is 5.88 Å². The van der Waals surface area contributed by atoms with Gasteiger partial charge in [-0.05, 0) is 6.92 Å². The summed E-state index contributed by atoms with van der Waals surface area (Å²) in [6.45, 7) is 5.20. The van der Waals surface area contributed by atoms with Crippen molar-refractivity contribution in [3.8, 4) is 5.88 Å². The van der Waals surface area contributed by atoms with Gasteiger partial charge in [0.25, 0.3) is 0 Å². The summed E-state index contributed by atoms with van der Waals surface area (Å²) in [5, 5.41) is 19.2. The molecule has 2 aromatic rings. The lowest BCUT2D eigenvalue weighted by molar-refractivity contribution is -0.385. The standard InChI is InChI=1S/C16H23N7O4/c1-12(22-11-14(23(25)26)15(18-22)27-3)16(24)21-6-4-20(5-7-21)10-13-8-17-19(2)9-13/h8-9,11-12H,4-7,10H2,1-3H3. The van der Waals surface area contributed by atoms with Crippen LogP contribution in [0.15, 0.2) is 18.6 Å². The molecule has 0 N–H and O–H groups in total. The van der Waals surface area contributed by atoms with E-state index < -0.39 is 11.0 Å². The number of aromatic nitrogens is 4. The number of carbonyl (C=O) groups is 1. The van der Waals surface area contributed by atoms with Gasteiger partial charge in [0.1, 0.15) is 12.2 Å². The lowest BCUT2D eigenvalue weighted by Crippen LogP contribution is -2.49. The first kappa shape index (κ1) is 18.8. The van der Waals surface area contributed by atoms with Crippen LogP contribution in [0.3, 0.4) is 0 Å². The van der Waals surface area contributed by atoms with E-state index in [1.165, 1.54) is 18.0 Å². The zero-order valence-corrected chi connectivity index (χ0v) is 15.6. The number of hydrogen-bond acceptors (Lipinski definition) is 7. The molecule has 1 unspecified atom stereocenters. The van der Waals surface area contributed by atoms with Crippen molar-refractivity contribution in [1.29, 1.82) is 0 Å². The average molecular weight is 377 g/mol. The zero-order valence-electron chi connectivity index (χ0n) is 15.6. The number of hydrogen-bond donors (Lipinski definition) is 0. The van der Waals surface area contributed by atoms with Crippen molar-refractivity contribution in [2.24, 2.45) is 7.05 Å². The molecular weight excluding hydrogens is 354 g/mol. The Kier molecular flexibility index (Phi) is 5.40. The van der Waals surface area contributed by atoms with E-state index >= 15 is 0 Å².